The minimum Gasteiger partial charge on any atom is -0.444 e. The van der Waals surface area contributed by atoms with Gasteiger partial charge in [-0.05, 0) is 45.2 Å². The van der Waals surface area contributed by atoms with Gasteiger partial charge in [0.25, 0.3) is 0 Å². The Morgan fingerprint density at radius 3 is 2.60 bits per heavy atom. The quantitative estimate of drug-likeness (QED) is 0.902. The Kier molecular flexibility index (Phi) is 4.61. The smallest absolute Gasteiger partial charge is 0.208 e. The number of benzene rings is 1. The average Bonchev–Trinajstić information content (AvgIpc) is 2.83. The lowest BCUT2D eigenvalue weighted by Crippen LogP contribution is -2.35. The molecule has 0 aliphatic carbocycles. The maximum atomic E-state index is 5.77. The highest BCUT2D eigenvalue weighted by molar-refractivity contribution is 5.26. The molecular formula is C17H24N2O. The molecule has 0 spiro atoms. The van der Waals surface area contributed by atoms with Crippen LogP contribution in [0.3, 0.4) is 0 Å². The highest BCUT2D eigenvalue weighted by atomic mass is 16.4. The lowest BCUT2D eigenvalue weighted by Gasteiger charge is -2.18. The second-order valence-electron chi connectivity index (χ2n) is 6.25. The van der Waals surface area contributed by atoms with E-state index in [0.29, 0.717) is 6.54 Å². The molecule has 1 aromatic carbocycles. The minimum atomic E-state index is 0.0792. The summed E-state index contributed by atoms with van der Waals surface area (Å²) in [5, 5.41) is 3.38. The van der Waals surface area contributed by atoms with Gasteiger partial charge in [-0.1, -0.05) is 24.3 Å². The monoisotopic (exact) mass is 272 g/mol. The van der Waals surface area contributed by atoms with E-state index in [9.17, 15) is 0 Å². The van der Waals surface area contributed by atoms with Gasteiger partial charge < -0.3 is 9.73 Å². The van der Waals surface area contributed by atoms with Crippen molar-refractivity contribution in [3.05, 3.63) is 53.2 Å². The van der Waals surface area contributed by atoms with Crippen molar-refractivity contribution in [3.8, 4) is 0 Å². The number of nitrogens with zero attached hydrogens (tertiary/aromatic N) is 1. The first kappa shape index (κ1) is 14.8. The highest BCUT2D eigenvalue weighted by Gasteiger charge is 2.11. The Hall–Kier alpha value is -1.61. The number of hydrogen-bond donors (Lipinski definition) is 1. The molecule has 2 rings (SSSR count). The third kappa shape index (κ3) is 4.49. The fourth-order valence-electron chi connectivity index (χ4n) is 2.03. The Morgan fingerprint density at radius 2 is 1.90 bits per heavy atom. The SMILES string of the molecule is Cc1ccccc1CCc1cnc(CNC(C)(C)C)o1. The van der Waals surface area contributed by atoms with Gasteiger partial charge in [0.05, 0.1) is 12.7 Å². The summed E-state index contributed by atoms with van der Waals surface area (Å²) in [4.78, 5) is 4.32. The van der Waals surface area contributed by atoms with Crippen LogP contribution in [-0.4, -0.2) is 10.5 Å². The second kappa shape index (κ2) is 6.23. The van der Waals surface area contributed by atoms with E-state index in [-0.39, 0.29) is 5.54 Å². The molecule has 20 heavy (non-hydrogen) atoms. The molecular weight excluding hydrogens is 248 g/mol. The third-order valence-corrected chi connectivity index (χ3v) is 3.27. The molecule has 3 nitrogen and oxygen atoms in total. The maximum absolute atomic E-state index is 5.77. The van der Waals surface area contributed by atoms with Gasteiger partial charge in [-0.25, -0.2) is 4.98 Å². The Labute approximate surface area is 121 Å². The summed E-state index contributed by atoms with van der Waals surface area (Å²) < 4.78 is 5.77. The Morgan fingerprint density at radius 1 is 1.15 bits per heavy atom. The van der Waals surface area contributed by atoms with Crippen LogP contribution < -0.4 is 5.32 Å². The first-order valence-corrected chi connectivity index (χ1v) is 7.17. The number of oxazole rings is 1. The lowest BCUT2D eigenvalue weighted by molar-refractivity contribution is 0.371. The molecule has 1 heterocycles. The average molecular weight is 272 g/mol. The first-order chi connectivity index (χ1) is 9.44. The van der Waals surface area contributed by atoms with Crippen molar-refractivity contribution in [1.29, 1.82) is 0 Å². The van der Waals surface area contributed by atoms with Crippen molar-refractivity contribution >= 4 is 0 Å². The van der Waals surface area contributed by atoms with Crippen molar-refractivity contribution in [2.24, 2.45) is 0 Å². The van der Waals surface area contributed by atoms with E-state index in [2.05, 4.69) is 62.3 Å². The molecule has 3 heteroatoms. The lowest BCUT2D eigenvalue weighted by atomic mass is 10.0. The topological polar surface area (TPSA) is 38.1 Å². The van der Waals surface area contributed by atoms with Crippen LogP contribution >= 0.6 is 0 Å². The molecule has 0 aliphatic heterocycles. The predicted octanol–water partition coefficient (Wildman–Crippen LogP) is 3.66. The van der Waals surface area contributed by atoms with Gasteiger partial charge in [0.15, 0.2) is 0 Å². The molecule has 0 atom stereocenters. The first-order valence-electron chi connectivity index (χ1n) is 7.17. The van der Waals surface area contributed by atoms with E-state index in [4.69, 9.17) is 4.42 Å². The minimum absolute atomic E-state index is 0.0792. The van der Waals surface area contributed by atoms with E-state index in [0.717, 1.165) is 24.5 Å². The summed E-state index contributed by atoms with van der Waals surface area (Å²) in [6.45, 7) is 9.22. The number of rotatable bonds is 5. The molecule has 1 N–H and O–H groups in total. The van der Waals surface area contributed by atoms with Crippen molar-refractivity contribution in [3.63, 3.8) is 0 Å². The van der Waals surface area contributed by atoms with Gasteiger partial charge >= 0.3 is 0 Å². The molecule has 0 saturated carbocycles. The van der Waals surface area contributed by atoms with E-state index in [1.807, 2.05) is 6.20 Å². The molecule has 0 aliphatic rings. The molecule has 0 amide bonds. The van der Waals surface area contributed by atoms with Crippen LogP contribution in [0.4, 0.5) is 0 Å². The number of nitrogens with one attached hydrogen (secondary N) is 1. The van der Waals surface area contributed by atoms with Crippen LogP contribution in [0.1, 0.15) is 43.5 Å². The summed E-state index contributed by atoms with van der Waals surface area (Å²) in [5.41, 5.74) is 2.79. The molecule has 0 bridgehead atoms. The Bertz CT molecular complexity index is 552. The van der Waals surface area contributed by atoms with Crippen LogP contribution in [0.15, 0.2) is 34.9 Å². The highest BCUT2D eigenvalue weighted by Crippen LogP contribution is 2.13. The zero-order valence-corrected chi connectivity index (χ0v) is 12.9. The zero-order chi connectivity index (χ0) is 14.6. The van der Waals surface area contributed by atoms with E-state index < -0.39 is 0 Å². The maximum Gasteiger partial charge on any atom is 0.208 e. The molecule has 2 aromatic rings. The van der Waals surface area contributed by atoms with Crippen molar-refractivity contribution in [2.75, 3.05) is 0 Å². The van der Waals surface area contributed by atoms with Gasteiger partial charge in [-0.3, -0.25) is 0 Å². The van der Waals surface area contributed by atoms with Crippen LogP contribution in [0.5, 0.6) is 0 Å². The number of aromatic nitrogens is 1. The summed E-state index contributed by atoms with van der Waals surface area (Å²) >= 11 is 0. The normalized spacial score (nSPS) is 11.8. The summed E-state index contributed by atoms with van der Waals surface area (Å²) in [6, 6.07) is 8.48. The van der Waals surface area contributed by atoms with Crippen LogP contribution in [0.2, 0.25) is 0 Å². The molecule has 0 fully saturated rings. The van der Waals surface area contributed by atoms with E-state index in [1.165, 1.54) is 11.1 Å². The van der Waals surface area contributed by atoms with Crippen molar-refractivity contribution < 1.29 is 4.42 Å². The second-order valence-corrected chi connectivity index (χ2v) is 6.25. The third-order valence-electron chi connectivity index (χ3n) is 3.27. The molecule has 0 radical (unpaired) electrons. The van der Waals surface area contributed by atoms with Gasteiger partial charge in [0.2, 0.25) is 5.89 Å². The van der Waals surface area contributed by atoms with Crippen molar-refractivity contribution in [2.45, 2.75) is 52.6 Å². The van der Waals surface area contributed by atoms with Crippen LogP contribution in [0, 0.1) is 6.92 Å². The number of hydrogen-bond acceptors (Lipinski definition) is 3. The molecule has 0 unspecified atom stereocenters. The Balaban J connectivity index is 1.89. The molecule has 0 saturated heterocycles. The van der Waals surface area contributed by atoms with E-state index in [1.54, 1.807) is 0 Å². The van der Waals surface area contributed by atoms with Gasteiger partial charge in [-0.15, -0.1) is 0 Å². The van der Waals surface area contributed by atoms with E-state index >= 15 is 0 Å². The fraction of sp³-hybridized carbons (Fsp3) is 0.471. The van der Waals surface area contributed by atoms with Crippen LogP contribution in [-0.2, 0) is 19.4 Å². The van der Waals surface area contributed by atoms with Crippen LogP contribution in [0.25, 0.3) is 0 Å². The largest absolute Gasteiger partial charge is 0.444 e. The standard InChI is InChI=1S/C17H24N2O/c1-13-7-5-6-8-14(13)9-10-15-11-18-16(20-15)12-19-17(2,3)4/h5-8,11,19H,9-10,12H2,1-4H3. The summed E-state index contributed by atoms with van der Waals surface area (Å²) in [5.74, 6) is 1.72. The summed E-state index contributed by atoms with van der Waals surface area (Å²) in [7, 11) is 0. The zero-order valence-electron chi connectivity index (χ0n) is 12.9. The number of aryl methyl sites for hydroxylation is 3. The fourth-order valence-corrected chi connectivity index (χ4v) is 2.03. The van der Waals surface area contributed by atoms with Gasteiger partial charge in [0, 0.05) is 12.0 Å². The van der Waals surface area contributed by atoms with Crippen molar-refractivity contribution in [1.82, 2.24) is 10.3 Å². The molecule has 108 valence electrons. The van der Waals surface area contributed by atoms with Gasteiger partial charge in [0.1, 0.15) is 5.76 Å². The molecule has 1 aromatic heterocycles. The van der Waals surface area contributed by atoms with Gasteiger partial charge in [-0.2, -0.15) is 0 Å². The predicted molar refractivity (Wildman–Crippen MR) is 81.7 cm³/mol. The summed E-state index contributed by atoms with van der Waals surface area (Å²) in [6.07, 6.45) is 3.74.